The lowest BCUT2D eigenvalue weighted by atomic mass is 9.66. The van der Waals surface area contributed by atoms with Gasteiger partial charge in [0.2, 0.25) is 5.91 Å². The Hall–Kier alpha value is -2.31. The van der Waals surface area contributed by atoms with Crippen LogP contribution in [0.25, 0.3) is 0 Å². The summed E-state index contributed by atoms with van der Waals surface area (Å²) in [6, 6.07) is 11.7. The van der Waals surface area contributed by atoms with Gasteiger partial charge in [0.1, 0.15) is 11.5 Å². The second-order valence-corrected chi connectivity index (χ2v) is 8.45. The molecule has 6 nitrogen and oxygen atoms in total. The molecule has 2 N–H and O–H groups in total. The molecular weight excluding hydrogens is 380 g/mol. The number of nitrogens with zero attached hydrogens (tertiary/aromatic N) is 1. The fourth-order valence-electron chi connectivity index (χ4n) is 5.18. The van der Waals surface area contributed by atoms with Gasteiger partial charge in [-0.05, 0) is 44.4 Å². The number of rotatable bonds is 7. The van der Waals surface area contributed by atoms with Gasteiger partial charge in [-0.3, -0.25) is 9.69 Å². The van der Waals surface area contributed by atoms with Gasteiger partial charge in [-0.25, -0.2) is 0 Å². The van der Waals surface area contributed by atoms with E-state index < -0.39 is 5.60 Å². The highest BCUT2D eigenvalue weighted by Gasteiger charge is 2.49. The number of amides is 1. The van der Waals surface area contributed by atoms with E-state index in [4.69, 9.17) is 9.15 Å². The summed E-state index contributed by atoms with van der Waals surface area (Å²) in [4.78, 5) is 15.0. The van der Waals surface area contributed by atoms with Gasteiger partial charge in [-0.2, -0.15) is 0 Å². The smallest absolute Gasteiger partial charge is 0.234 e. The van der Waals surface area contributed by atoms with Gasteiger partial charge >= 0.3 is 0 Å². The Morgan fingerprint density at radius 1 is 1.27 bits per heavy atom. The van der Waals surface area contributed by atoms with E-state index in [0.717, 1.165) is 42.8 Å². The summed E-state index contributed by atoms with van der Waals surface area (Å²) >= 11 is 0. The highest BCUT2D eigenvalue weighted by molar-refractivity contribution is 5.78. The molecule has 0 spiro atoms. The molecular formula is C24H32N2O4. The highest BCUT2D eigenvalue weighted by atomic mass is 16.5. The van der Waals surface area contributed by atoms with Crippen LogP contribution in [-0.4, -0.2) is 41.2 Å². The van der Waals surface area contributed by atoms with E-state index in [-0.39, 0.29) is 17.9 Å². The van der Waals surface area contributed by atoms with E-state index >= 15 is 0 Å². The van der Waals surface area contributed by atoms with Crippen LogP contribution in [0.15, 0.2) is 47.1 Å². The van der Waals surface area contributed by atoms with Crippen LogP contribution in [0.2, 0.25) is 0 Å². The molecule has 0 bridgehead atoms. The molecule has 1 aromatic heterocycles. The predicted octanol–water partition coefficient (Wildman–Crippen LogP) is 3.66. The topological polar surface area (TPSA) is 74.9 Å². The SMILES string of the molecule is CCOc1ccccc1[C@@H]1[C@H]2CCCC[C@@]2(O)CCN1CC(=O)NCc1ccco1. The minimum Gasteiger partial charge on any atom is -0.494 e. The molecule has 3 atom stereocenters. The molecule has 30 heavy (non-hydrogen) atoms. The van der Waals surface area contributed by atoms with E-state index in [9.17, 15) is 9.90 Å². The lowest BCUT2D eigenvalue weighted by Gasteiger charge is -2.52. The quantitative estimate of drug-likeness (QED) is 0.726. The maximum absolute atomic E-state index is 12.7. The van der Waals surface area contributed by atoms with E-state index in [1.807, 2.05) is 37.3 Å². The minimum atomic E-state index is -0.663. The van der Waals surface area contributed by atoms with Crippen molar-refractivity contribution in [1.82, 2.24) is 10.2 Å². The molecule has 6 heteroatoms. The van der Waals surface area contributed by atoms with Crippen LogP contribution in [0, 0.1) is 5.92 Å². The first-order valence-electron chi connectivity index (χ1n) is 11.1. The van der Waals surface area contributed by atoms with Crippen molar-refractivity contribution in [3.63, 3.8) is 0 Å². The van der Waals surface area contributed by atoms with Gasteiger partial charge < -0.3 is 19.6 Å². The van der Waals surface area contributed by atoms with Crippen LogP contribution >= 0.6 is 0 Å². The molecule has 162 valence electrons. The summed E-state index contributed by atoms with van der Waals surface area (Å²) in [5.74, 6) is 1.65. The number of likely N-dealkylation sites (tertiary alicyclic amines) is 1. The van der Waals surface area contributed by atoms with Gasteiger partial charge in [-0.1, -0.05) is 31.0 Å². The fraction of sp³-hybridized carbons (Fsp3) is 0.542. The molecule has 2 aromatic rings. The monoisotopic (exact) mass is 412 g/mol. The third-order valence-corrected chi connectivity index (χ3v) is 6.60. The number of carbonyl (C=O) groups is 1. The summed E-state index contributed by atoms with van der Waals surface area (Å²) in [6.45, 7) is 3.93. The normalized spacial score (nSPS) is 26.7. The zero-order valence-corrected chi connectivity index (χ0v) is 17.7. The lowest BCUT2D eigenvalue weighted by Crippen LogP contribution is -2.56. The Morgan fingerprint density at radius 2 is 2.13 bits per heavy atom. The molecule has 1 amide bonds. The minimum absolute atomic E-state index is 0.0356. The van der Waals surface area contributed by atoms with Crippen LogP contribution in [0.3, 0.4) is 0 Å². The summed E-state index contributed by atoms with van der Waals surface area (Å²) in [5.41, 5.74) is 0.409. The fourth-order valence-corrected chi connectivity index (χ4v) is 5.18. The van der Waals surface area contributed by atoms with Crippen molar-refractivity contribution in [2.45, 2.75) is 57.2 Å². The molecule has 1 aliphatic heterocycles. The number of furan rings is 1. The molecule has 0 unspecified atom stereocenters. The summed E-state index contributed by atoms with van der Waals surface area (Å²) in [5, 5.41) is 14.4. The first-order valence-corrected chi connectivity index (χ1v) is 11.1. The number of hydrogen-bond donors (Lipinski definition) is 2. The molecule has 2 fully saturated rings. The standard InChI is InChI=1S/C24H32N2O4/c1-2-29-21-11-4-3-9-19(21)23-20-10-5-6-12-24(20,28)13-14-26(23)17-22(27)25-16-18-8-7-15-30-18/h3-4,7-9,11,15,20,23,28H,2,5-6,10,12-14,16-17H2,1H3,(H,25,27)/t20-,23-,24-/m1/s1. The second-order valence-electron chi connectivity index (χ2n) is 8.45. The zero-order chi connectivity index (χ0) is 21.0. The molecule has 2 heterocycles. The number of piperidine rings is 1. The van der Waals surface area contributed by atoms with E-state index in [0.29, 0.717) is 32.7 Å². The summed E-state index contributed by atoms with van der Waals surface area (Å²) in [7, 11) is 0. The van der Waals surface area contributed by atoms with Crippen LogP contribution in [0.5, 0.6) is 5.75 Å². The predicted molar refractivity (Wildman–Crippen MR) is 114 cm³/mol. The number of ether oxygens (including phenoxy) is 1. The van der Waals surface area contributed by atoms with Crippen LogP contribution < -0.4 is 10.1 Å². The van der Waals surface area contributed by atoms with Crippen molar-refractivity contribution in [3.8, 4) is 5.75 Å². The number of carbonyl (C=O) groups excluding carboxylic acids is 1. The van der Waals surface area contributed by atoms with Gasteiger partial charge in [-0.15, -0.1) is 0 Å². The molecule has 2 aliphatic rings. The number of para-hydroxylation sites is 1. The highest BCUT2D eigenvalue weighted by Crippen LogP contribution is 2.50. The largest absolute Gasteiger partial charge is 0.494 e. The van der Waals surface area contributed by atoms with Crippen molar-refractivity contribution in [1.29, 1.82) is 0 Å². The number of aliphatic hydroxyl groups is 1. The maximum atomic E-state index is 12.7. The average Bonchev–Trinajstić information content (AvgIpc) is 3.27. The van der Waals surface area contributed by atoms with Gasteiger partial charge in [0.15, 0.2) is 0 Å². The van der Waals surface area contributed by atoms with Crippen molar-refractivity contribution >= 4 is 5.91 Å². The maximum Gasteiger partial charge on any atom is 0.234 e. The second kappa shape index (κ2) is 9.23. The molecule has 1 saturated carbocycles. The van der Waals surface area contributed by atoms with E-state index in [2.05, 4.69) is 16.3 Å². The Labute approximate surface area is 178 Å². The summed E-state index contributed by atoms with van der Waals surface area (Å²) < 4.78 is 11.2. The Bertz CT molecular complexity index is 837. The molecule has 1 aliphatic carbocycles. The van der Waals surface area contributed by atoms with Crippen LogP contribution in [-0.2, 0) is 11.3 Å². The van der Waals surface area contributed by atoms with Gasteiger partial charge in [0, 0.05) is 24.1 Å². The number of benzene rings is 1. The van der Waals surface area contributed by atoms with Gasteiger partial charge in [0.05, 0.1) is 31.6 Å². The number of fused-ring (bicyclic) bond motifs is 1. The lowest BCUT2D eigenvalue weighted by molar-refractivity contribution is -0.138. The number of nitrogens with one attached hydrogen (secondary N) is 1. The van der Waals surface area contributed by atoms with E-state index in [1.54, 1.807) is 6.26 Å². The Kier molecular flexibility index (Phi) is 6.44. The average molecular weight is 413 g/mol. The molecule has 1 aromatic carbocycles. The molecule has 4 rings (SSSR count). The molecule has 1 saturated heterocycles. The number of hydrogen-bond acceptors (Lipinski definition) is 5. The van der Waals surface area contributed by atoms with Crippen LogP contribution in [0.4, 0.5) is 0 Å². The van der Waals surface area contributed by atoms with Crippen molar-refractivity contribution in [2.24, 2.45) is 5.92 Å². The van der Waals surface area contributed by atoms with E-state index in [1.165, 1.54) is 0 Å². The summed E-state index contributed by atoms with van der Waals surface area (Å²) in [6.07, 6.45) is 6.29. The first kappa shape index (κ1) is 20.9. The molecule has 0 radical (unpaired) electrons. The van der Waals surface area contributed by atoms with Crippen molar-refractivity contribution in [3.05, 3.63) is 54.0 Å². The Morgan fingerprint density at radius 3 is 2.93 bits per heavy atom. The van der Waals surface area contributed by atoms with Crippen molar-refractivity contribution in [2.75, 3.05) is 19.7 Å². The Balaban J connectivity index is 1.57. The third-order valence-electron chi connectivity index (χ3n) is 6.60. The first-order chi connectivity index (χ1) is 14.6. The van der Waals surface area contributed by atoms with Gasteiger partial charge in [0.25, 0.3) is 0 Å². The van der Waals surface area contributed by atoms with Crippen molar-refractivity contribution < 1.29 is 19.1 Å². The van der Waals surface area contributed by atoms with Crippen LogP contribution in [0.1, 0.15) is 56.4 Å². The zero-order valence-electron chi connectivity index (χ0n) is 17.7. The third kappa shape index (κ3) is 4.40.